The Morgan fingerprint density at radius 1 is 0.278 bits per heavy atom. The molecule has 0 aliphatic rings. The summed E-state index contributed by atoms with van der Waals surface area (Å²) in [5.74, 6) is -0.557. The normalized spacial score (nSPS) is 11.7. The van der Waals surface area contributed by atoms with E-state index in [0.717, 1.165) is 72.8 Å². The van der Waals surface area contributed by atoms with E-state index < -0.39 is 6.36 Å². The molecule has 0 spiro atoms. The van der Waals surface area contributed by atoms with Crippen LogP contribution in [0.3, 0.4) is 0 Å². The fourth-order valence-corrected chi connectivity index (χ4v) is 9.48. The minimum Gasteiger partial charge on any atom is -0.406 e. The lowest BCUT2D eigenvalue weighted by molar-refractivity contribution is -0.274. The maximum absolute atomic E-state index is 13.0. The van der Waals surface area contributed by atoms with Gasteiger partial charge < -0.3 is 4.74 Å². The zero-order chi connectivity index (χ0) is 68.4. The molecule has 0 amide bonds. The number of hydrogen-bond acceptors (Lipinski definition) is 1. The van der Waals surface area contributed by atoms with Crippen LogP contribution in [0, 0.1) is 83.1 Å². The average molecular weight is 1250 g/mol. The van der Waals surface area contributed by atoms with E-state index in [0.29, 0.717) is 16.2 Å². The Kier molecular flexibility index (Phi) is 34.9. The number of aryl methyl sites for hydroxylation is 4. The smallest absolute Gasteiger partial charge is 0.406 e. The maximum Gasteiger partial charge on any atom is 0.573 e. The lowest BCUT2D eigenvalue weighted by atomic mass is 9.88. The van der Waals surface area contributed by atoms with Crippen LogP contribution < -0.4 is 4.74 Å². The van der Waals surface area contributed by atoms with E-state index in [9.17, 15) is 26.3 Å². The standard InChI is InChI=1S/C12H15F3O.2C12H17F.2C12H18.C11H15F.C11H16.CH4/c1-11(2,3)8-9-4-6-10(7-5-9)16-12(13,14)15;1-9-5-10(7-11(13)6-9)8-12(2,3)4;1-9-7-10(5-6-11(9)13)8-12(2,3)4;2*1-10-5-7-11(8-6-10)9-12(2,3)4;1-11(2,3)8-9-5-4-6-10(12)7-9;1-11(2,3)9-10-7-5-4-6-8-10;/h4-7H,8H2,1-3H3;2*5-7H,8H2,1-4H3;2*5-8H,9H2,1-4H3;4-7H,8H2,1-3H3;4-8H,9H2,1-3H3;1H4. The average Bonchev–Trinajstić information content (AvgIpc) is 1.38. The lowest BCUT2D eigenvalue weighted by Gasteiger charge is -2.18. The zero-order valence-corrected chi connectivity index (χ0v) is 59.7. The summed E-state index contributed by atoms with van der Waals surface area (Å²) in [7, 11) is 0. The molecule has 500 valence electrons. The summed E-state index contributed by atoms with van der Waals surface area (Å²) in [6.07, 6.45) is 2.52. The minimum absolute atomic E-state index is 0. The minimum atomic E-state index is -4.62. The van der Waals surface area contributed by atoms with Gasteiger partial charge in [-0.3, -0.25) is 0 Å². The fourth-order valence-electron chi connectivity index (χ4n) is 9.48. The number of alkyl halides is 3. The molecule has 1 nitrogen and oxygen atoms in total. The van der Waals surface area contributed by atoms with Gasteiger partial charge in [0.2, 0.25) is 0 Å². The molecule has 90 heavy (non-hydrogen) atoms. The SMILES string of the molecule is C.CC(C)(C)Cc1ccc(OC(F)(F)F)cc1.CC(C)(C)Cc1cccc(F)c1.CC(C)(C)Cc1ccccc1.Cc1cc(CC(C)(C)C)ccc1F.Cc1cc(F)cc(CC(C)(C)C)c1.Cc1ccc(CC(C)(C)C)cc1.Cc1ccc(CC(C)(C)C)cc1. The Bertz CT molecular complexity index is 2930. The summed E-state index contributed by atoms with van der Waals surface area (Å²) in [6, 6.07) is 51.6. The van der Waals surface area contributed by atoms with Gasteiger partial charge in [0.05, 0.1) is 0 Å². The molecule has 7 aromatic carbocycles. The second kappa shape index (κ2) is 37.4. The third-order valence-electron chi connectivity index (χ3n) is 12.6. The molecule has 0 aromatic heterocycles. The monoisotopic (exact) mass is 1250 g/mol. The summed E-state index contributed by atoms with van der Waals surface area (Å²) in [6.45, 7) is 54.1. The number of rotatable bonds is 8. The largest absolute Gasteiger partial charge is 0.573 e. The molecule has 0 unspecified atom stereocenters. The second-order valence-electron chi connectivity index (χ2n) is 32.7. The topological polar surface area (TPSA) is 9.23 Å². The molecule has 0 saturated heterocycles. The molecule has 0 bridgehead atoms. The first-order valence-corrected chi connectivity index (χ1v) is 31.7. The molecule has 0 fully saturated rings. The van der Waals surface area contributed by atoms with Crippen molar-refractivity contribution in [3.8, 4) is 5.75 Å². The molecule has 0 aliphatic carbocycles. The molecule has 0 N–H and O–H groups in total. The van der Waals surface area contributed by atoms with E-state index in [1.807, 2.05) is 38.1 Å². The van der Waals surface area contributed by atoms with E-state index in [-0.39, 0.29) is 52.3 Å². The van der Waals surface area contributed by atoms with Crippen molar-refractivity contribution in [1.82, 2.24) is 0 Å². The molecule has 0 radical (unpaired) electrons. The summed E-state index contributed by atoms with van der Waals surface area (Å²) in [5.41, 5.74) is 15.1. The molecule has 0 heterocycles. The number of benzene rings is 7. The van der Waals surface area contributed by atoms with Gasteiger partial charge in [-0.1, -0.05) is 285 Å². The molecular formula is C83H120F6O. The van der Waals surface area contributed by atoms with Crippen molar-refractivity contribution in [1.29, 1.82) is 0 Å². The highest BCUT2D eigenvalue weighted by atomic mass is 19.4. The molecule has 0 atom stereocenters. The van der Waals surface area contributed by atoms with Gasteiger partial charge in [-0.2, -0.15) is 0 Å². The van der Waals surface area contributed by atoms with E-state index in [1.54, 1.807) is 42.5 Å². The van der Waals surface area contributed by atoms with Crippen LogP contribution in [0.25, 0.3) is 0 Å². The second-order valence-corrected chi connectivity index (χ2v) is 32.7. The summed E-state index contributed by atoms with van der Waals surface area (Å²) < 4.78 is 78.1. The van der Waals surface area contributed by atoms with Crippen molar-refractivity contribution >= 4 is 0 Å². The highest BCUT2D eigenvalue weighted by Crippen LogP contribution is 2.28. The molecule has 7 aromatic rings. The van der Waals surface area contributed by atoms with Crippen LogP contribution in [0.5, 0.6) is 5.75 Å². The fraction of sp³-hybridized carbons (Fsp3) is 0.494. The van der Waals surface area contributed by atoms with Crippen LogP contribution in [0.15, 0.2) is 164 Å². The van der Waals surface area contributed by atoms with Crippen molar-refractivity contribution in [2.45, 2.75) is 232 Å². The Balaban J connectivity index is 0.00000103. The Hall–Kier alpha value is -6.08. The van der Waals surface area contributed by atoms with Gasteiger partial charge in [0.15, 0.2) is 0 Å². The molecule has 7 rings (SSSR count). The zero-order valence-electron chi connectivity index (χ0n) is 59.7. The van der Waals surface area contributed by atoms with Crippen LogP contribution in [0.4, 0.5) is 26.3 Å². The number of ether oxygens (including phenoxy) is 1. The maximum atomic E-state index is 13.0. The van der Waals surface area contributed by atoms with Crippen LogP contribution >= 0.6 is 0 Å². The highest BCUT2D eigenvalue weighted by Gasteiger charge is 2.31. The van der Waals surface area contributed by atoms with Gasteiger partial charge in [-0.15, -0.1) is 13.2 Å². The van der Waals surface area contributed by atoms with Crippen molar-refractivity contribution in [3.05, 3.63) is 242 Å². The third-order valence-corrected chi connectivity index (χ3v) is 12.6. The predicted molar refractivity (Wildman–Crippen MR) is 379 cm³/mol. The van der Waals surface area contributed by atoms with Crippen LogP contribution in [-0.2, 0) is 44.9 Å². The van der Waals surface area contributed by atoms with Crippen molar-refractivity contribution < 1.29 is 31.1 Å². The van der Waals surface area contributed by atoms with Crippen LogP contribution in [-0.4, -0.2) is 6.36 Å². The summed E-state index contributed by atoms with van der Waals surface area (Å²) >= 11 is 0. The quantitative estimate of drug-likeness (QED) is 0.138. The van der Waals surface area contributed by atoms with E-state index in [4.69, 9.17) is 0 Å². The summed E-state index contributed by atoms with van der Waals surface area (Å²) in [4.78, 5) is 0. The first-order chi connectivity index (χ1) is 40.4. The van der Waals surface area contributed by atoms with Gasteiger partial charge in [0, 0.05) is 0 Å². The third kappa shape index (κ3) is 46.9. The van der Waals surface area contributed by atoms with Gasteiger partial charge in [0.1, 0.15) is 23.2 Å². The molecule has 7 heteroatoms. The van der Waals surface area contributed by atoms with E-state index in [2.05, 4.69) is 243 Å². The predicted octanol–water partition coefficient (Wildman–Crippen LogP) is 26.1. The van der Waals surface area contributed by atoms with Crippen molar-refractivity contribution in [2.75, 3.05) is 0 Å². The van der Waals surface area contributed by atoms with Gasteiger partial charge in [-0.05, 0) is 203 Å². The molecule has 0 aliphatic heterocycles. The highest BCUT2D eigenvalue weighted by molar-refractivity contribution is 5.29. The van der Waals surface area contributed by atoms with Gasteiger partial charge in [0.25, 0.3) is 0 Å². The molecular weight excluding hydrogens is 1130 g/mol. The first kappa shape index (κ1) is 83.9. The Labute approximate surface area is 546 Å². The van der Waals surface area contributed by atoms with E-state index in [1.165, 1.54) is 51.6 Å². The van der Waals surface area contributed by atoms with Crippen molar-refractivity contribution in [2.24, 2.45) is 37.9 Å². The van der Waals surface area contributed by atoms with Crippen molar-refractivity contribution in [3.63, 3.8) is 0 Å². The van der Waals surface area contributed by atoms with Gasteiger partial charge in [-0.25, -0.2) is 13.2 Å². The van der Waals surface area contributed by atoms with Crippen LogP contribution in [0.2, 0.25) is 0 Å². The van der Waals surface area contributed by atoms with E-state index >= 15 is 0 Å². The number of hydrogen-bond donors (Lipinski definition) is 0. The number of halogens is 6. The first-order valence-electron chi connectivity index (χ1n) is 31.7. The summed E-state index contributed by atoms with van der Waals surface area (Å²) in [5, 5.41) is 0. The van der Waals surface area contributed by atoms with Crippen LogP contribution in [0.1, 0.15) is 214 Å². The van der Waals surface area contributed by atoms with Gasteiger partial charge >= 0.3 is 6.36 Å². The Morgan fingerprint density at radius 3 is 0.911 bits per heavy atom. The molecule has 0 saturated carbocycles. The lowest BCUT2D eigenvalue weighted by Crippen LogP contribution is -2.17. The Morgan fingerprint density at radius 2 is 0.578 bits per heavy atom.